The number of hydrogen-bond acceptors (Lipinski definition) is 3. The van der Waals surface area contributed by atoms with Gasteiger partial charge in [-0.2, -0.15) is 0 Å². The summed E-state index contributed by atoms with van der Waals surface area (Å²) in [7, 11) is 0. The van der Waals surface area contributed by atoms with Crippen molar-refractivity contribution >= 4 is 0 Å². The lowest BCUT2D eigenvalue weighted by atomic mass is 9.53. The summed E-state index contributed by atoms with van der Waals surface area (Å²) in [6, 6.07) is 0. The van der Waals surface area contributed by atoms with Crippen molar-refractivity contribution in [2.75, 3.05) is 13.2 Å². The highest BCUT2D eigenvalue weighted by atomic mass is 16.5. The maximum Gasteiger partial charge on any atom is 0.0765 e. The topological polar surface area (TPSA) is 55.5 Å². The monoisotopic (exact) mass is 269 g/mol. The molecule has 3 heteroatoms. The molecule has 2 aliphatic rings. The van der Waals surface area contributed by atoms with Crippen LogP contribution in [0.4, 0.5) is 0 Å². The van der Waals surface area contributed by atoms with Gasteiger partial charge in [-0.05, 0) is 38.5 Å². The molecule has 3 N–H and O–H groups in total. The van der Waals surface area contributed by atoms with Gasteiger partial charge in [-0.25, -0.2) is 0 Å². The van der Waals surface area contributed by atoms with Gasteiger partial charge in [0.15, 0.2) is 0 Å². The molecular weight excluding hydrogens is 238 g/mol. The Labute approximate surface area is 117 Å². The first kappa shape index (κ1) is 15.3. The minimum Gasteiger partial charge on any atom is -0.389 e. The van der Waals surface area contributed by atoms with Crippen LogP contribution < -0.4 is 5.73 Å². The molecule has 0 spiro atoms. The van der Waals surface area contributed by atoms with Crippen LogP contribution in [0.3, 0.4) is 0 Å². The second-order valence-corrected chi connectivity index (χ2v) is 6.73. The Morgan fingerprint density at radius 1 is 1.21 bits per heavy atom. The van der Waals surface area contributed by atoms with Gasteiger partial charge >= 0.3 is 0 Å². The molecule has 0 unspecified atom stereocenters. The van der Waals surface area contributed by atoms with Gasteiger partial charge in [0.25, 0.3) is 0 Å². The van der Waals surface area contributed by atoms with E-state index in [9.17, 15) is 5.11 Å². The summed E-state index contributed by atoms with van der Waals surface area (Å²) < 4.78 is 5.61. The Morgan fingerprint density at radius 2 is 1.84 bits per heavy atom. The minimum absolute atomic E-state index is 0.0369. The smallest absolute Gasteiger partial charge is 0.0765 e. The Kier molecular flexibility index (Phi) is 4.91. The average Bonchev–Trinajstić information content (AvgIpc) is 2.38. The molecule has 0 aromatic rings. The molecule has 2 fully saturated rings. The summed E-state index contributed by atoms with van der Waals surface area (Å²) in [6.45, 7) is 5.65. The first-order valence-electron chi connectivity index (χ1n) is 8.13. The molecule has 0 atom stereocenters. The zero-order valence-corrected chi connectivity index (χ0v) is 12.7. The zero-order valence-electron chi connectivity index (χ0n) is 12.7. The van der Waals surface area contributed by atoms with Crippen molar-refractivity contribution in [2.24, 2.45) is 17.1 Å². The molecule has 112 valence electrons. The van der Waals surface area contributed by atoms with Crippen LogP contribution in [0.5, 0.6) is 0 Å². The van der Waals surface area contributed by atoms with Gasteiger partial charge in [0.05, 0.1) is 11.7 Å². The van der Waals surface area contributed by atoms with Gasteiger partial charge in [-0.15, -0.1) is 0 Å². The van der Waals surface area contributed by atoms with E-state index < -0.39 is 5.60 Å². The lowest BCUT2D eigenvalue weighted by Crippen LogP contribution is -2.63. The van der Waals surface area contributed by atoms with Crippen molar-refractivity contribution in [1.82, 2.24) is 0 Å². The molecule has 0 saturated heterocycles. The zero-order chi connectivity index (χ0) is 13.9. The SMILES string of the molecule is CCCC1CCC(CN)(C2(O)CC(OCC)C2)CC1. The molecule has 0 aliphatic heterocycles. The third-order valence-corrected chi connectivity index (χ3v) is 5.67. The number of aliphatic hydroxyl groups is 1. The summed E-state index contributed by atoms with van der Waals surface area (Å²) in [5, 5.41) is 10.9. The van der Waals surface area contributed by atoms with Crippen molar-refractivity contribution in [3.8, 4) is 0 Å². The minimum atomic E-state index is -0.557. The van der Waals surface area contributed by atoms with Crippen molar-refractivity contribution in [2.45, 2.75) is 76.9 Å². The first-order valence-corrected chi connectivity index (χ1v) is 8.13. The molecule has 0 radical (unpaired) electrons. The molecular formula is C16H31NO2. The summed E-state index contributed by atoms with van der Waals surface area (Å²) in [5.41, 5.74) is 5.48. The van der Waals surface area contributed by atoms with Crippen molar-refractivity contribution < 1.29 is 9.84 Å². The van der Waals surface area contributed by atoms with E-state index >= 15 is 0 Å². The van der Waals surface area contributed by atoms with Crippen LogP contribution in [0, 0.1) is 11.3 Å². The third-order valence-electron chi connectivity index (χ3n) is 5.67. The summed E-state index contributed by atoms with van der Waals surface area (Å²) in [6.07, 6.45) is 9.13. The van der Waals surface area contributed by atoms with Crippen LogP contribution in [0.15, 0.2) is 0 Å². The summed E-state index contributed by atoms with van der Waals surface area (Å²) in [5.74, 6) is 0.857. The van der Waals surface area contributed by atoms with E-state index in [4.69, 9.17) is 10.5 Å². The second-order valence-electron chi connectivity index (χ2n) is 6.73. The quantitative estimate of drug-likeness (QED) is 0.779. The Balaban J connectivity index is 1.93. The lowest BCUT2D eigenvalue weighted by molar-refractivity contribution is -0.210. The fourth-order valence-electron chi connectivity index (χ4n) is 4.27. The van der Waals surface area contributed by atoms with E-state index in [1.165, 1.54) is 25.7 Å². The Hall–Kier alpha value is -0.120. The number of rotatable bonds is 6. The highest BCUT2D eigenvalue weighted by Crippen LogP contribution is 2.55. The number of hydrogen-bond donors (Lipinski definition) is 2. The summed E-state index contributed by atoms with van der Waals surface area (Å²) in [4.78, 5) is 0. The predicted octanol–water partition coefficient (Wildman–Crippen LogP) is 2.85. The van der Waals surface area contributed by atoms with Crippen LogP contribution in [0.2, 0.25) is 0 Å². The largest absolute Gasteiger partial charge is 0.389 e. The normalized spacial score (nSPS) is 42.9. The molecule has 0 aromatic carbocycles. The number of ether oxygens (including phenoxy) is 1. The van der Waals surface area contributed by atoms with E-state index in [0.29, 0.717) is 6.54 Å². The Morgan fingerprint density at radius 3 is 2.32 bits per heavy atom. The molecule has 0 aromatic heterocycles. The molecule has 0 heterocycles. The lowest BCUT2D eigenvalue weighted by Gasteiger charge is -2.57. The number of nitrogens with two attached hydrogens (primary N) is 1. The molecule has 19 heavy (non-hydrogen) atoms. The highest BCUT2D eigenvalue weighted by Gasteiger charge is 2.57. The molecule has 0 amide bonds. The van der Waals surface area contributed by atoms with Crippen molar-refractivity contribution in [3.63, 3.8) is 0 Å². The van der Waals surface area contributed by atoms with E-state index in [-0.39, 0.29) is 11.5 Å². The molecule has 3 nitrogen and oxygen atoms in total. The molecule has 2 aliphatic carbocycles. The van der Waals surface area contributed by atoms with Gasteiger partial charge in [-0.3, -0.25) is 0 Å². The molecule has 0 bridgehead atoms. The van der Waals surface area contributed by atoms with E-state index in [1.807, 2.05) is 6.92 Å². The first-order chi connectivity index (χ1) is 9.09. The fraction of sp³-hybridized carbons (Fsp3) is 1.00. The van der Waals surface area contributed by atoms with E-state index in [1.54, 1.807) is 0 Å². The van der Waals surface area contributed by atoms with Crippen molar-refractivity contribution in [1.29, 1.82) is 0 Å². The highest BCUT2D eigenvalue weighted by molar-refractivity contribution is 5.09. The third kappa shape index (κ3) is 2.84. The maximum atomic E-state index is 10.9. The summed E-state index contributed by atoms with van der Waals surface area (Å²) >= 11 is 0. The van der Waals surface area contributed by atoms with Crippen LogP contribution in [-0.2, 0) is 4.74 Å². The molecule has 2 rings (SSSR count). The fourth-order valence-corrected chi connectivity index (χ4v) is 4.27. The van der Waals surface area contributed by atoms with Gasteiger partial charge in [0.1, 0.15) is 0 Å². The van der Waals surface area contributed by atoms with Gasteiger partial charge in [0.2, 0.25) is 0 Å². The molecule has 2 saturated carbocycles. The van der Waals surface area contributed by atoms with Crippen molar-refractivity contribution in [3.05, 3.63) is 0 Å². The van der Waals surface area contributed by atoms with Crippen LogP contribution >= 0.6 is 0 Å². The van der Waals surface area contributed by atoms with E-state index in [0.717, 1.165) is 38.2 Å². The van der Waals surface area contributed by atoms with Gasteiger partial charge in [-0.1, -0.05) is 19.8 Å². The van der Waals surface area contributed by atoms with E-state index in [2.05, 4.69) is 6.92 Å². The van der Waals surface area contributed by atoms with Crippen LogP contribution in [0.1, 0.15) is 65.2 Å². The average molecular weight is 269 g/mol. The van der Waals surface area contributed by atoms with Crippen LogP contribution in [-0.4, -0.2) is 30.0 Å². The maximum absolute atomic E-state index is 10.9. The van der Waals surface area contributed by atoms with Gasteiger partial charge < -0.3 is 15.6 Å². The standard InChI is InChI=1S/C16H31NO2/c1-3-5-13-6-8-15(12-17,9-7-13)16(18)10-14(11-16)19-4-2/h13-14,18H,3-12,17H2,1-2H3. The van der Waals surface area contributed by atoms with Crippen LogP contribution in [0.25, 0.3) is 0 Å². The van der Waals surface area contributed by atoms with Gasteiger partial charge in [0, 0.05) is 31.4 Å². The second kappa shape index (κ2) is 6.11. The predicted molar refractivity (Wildman–Crippen MR) is 78.0 cm³/mol. The Bertz CT molecular complexity index is 278.